The summed E-state index contributed by atoms with van der Waals surface area (Å²) in [7, 11) is 0. The maximum Gasteiger partial charge on any atom is 0.349 e. The average molecular weight is 301 g/mol. The van der Waals surface area contributed by atoms with Gasteiger partial charge in [-0.3, -0.25) is 0 Å². The lowest BCUT2D eigenvalue weighted by Gasteiger charge is -2.11. The molecule has 22 heavy (non-hydrogen) atoms. The number of carbonyl (C=O) groups is 1. The van der Waals surface area contributed by atoms with Crippen molar-refractivity contribution in [3.63, 3.8) is 0 Å². The van der Waals surface area contributed by atoms with Crippen LogP contribution in [0.1, 0.15) is 43.0 Å². The van der Waals surface area contributed by atoms with Crippen molar-refractivity contribution in [1.29, 1.82) is 0 Å². The van der Waals surface area contributed by atoms with E-state index in [1.165, 1.54) is 16.7 Å². The van der Waals surface area contributed by atoms with Gasteiger partial charge in [0.15, 0.2) is 6.04 Å². The summed E-state index contributed by atoms with van der Waals surface area (Å²) in [4.78, 5) is 11.5. The molecule has 0 aliphatic carbocycles. The predicted octanol–water partition coefficient (Wildman–Crippen LogP) is 3.36. The van der Waals surface area contributed by atoms with Crippen molar-refractivity contribution in [2.45, 2.75) is 47.1 Å². The molecular weight excluding hydrogens is 276 g/mol. The first kappa shape index (κ1) is 16.3. The Bertz CT molecular complexity index is 663. The molecule has 1 aromatic carbocycles. The van der Waals surface area contributed by atoms with Crippen LogP contribution in [0.4, 0.5) is 0 Å². The van der Waals surface area contributed by atoms with Gasteiger partial charge in [0.05, 0.1) is 0 Å². The van der Waals surface area contributed by atoms with Gasteiger partial charge in [-0.05, 0) is 37.8 Å². The highest BCUT2D eigenvalue weighted by Gasteiger charge is 2.26. The molecular formula is C18H25N2O2+. The van der Waals surface area contributed by atoms with Gasteiger partial charge in [-0.2, -0.15) is 0 Å². The Kier molecular flexibility index (Phi) is 4.69. The van der Waals surface area contributed by atoms with Crippen LogP contribution in [0.15, 0.2) is 30.9 Å². The number of carboxylic acids is 1. The number of aliphatic carboxylic acids is 1. The van der Waals surface area contributed by atoms with Crippen molar-refractivity contribution in [2.24, 2.45) is 5.92 Å². The molecule has 1 N–H and O–H groups in total. The molecule has 0 bridgehead atoms. The monoisotopic (exact) mass is 301 g/mol. The second kappa shape index (κ2) is 6.34. The van der Waals surface area contributed by atoms with Crippen molar-refractivity contribution >= 4 is 5.97 Å². The molecule has 1 aromatic heterocycles. The molecule has 0 aliphatic heterocycles. The molecule has 1 heterocycles. The number of hydrogen-bond acceptors (Lipinski definition) is 1. The number of aryl methyl sites for hydroxylation is 3. The predicted molar refractivity (Wildman–Crippen MR) is 86.3 cm³/mol. The molecule has 1 unspecified atom stereocenters. The van der Waals surface area contributed by atoms with Gasteiger partial charge >= 0.3 is 5.97 Å². The topological polar surface area (TPSA) is 46.1 Å². The summed E-state index contributed by atoms with van der Waals surface area (Å²) in [5, 5.41) is 9.47. The van der Waals surface area contributed by atoms with Crippen LogP contribution >= 0.6 is 0 Å². The van der Waals surface area contributed by atoms with E-state index in [0.29, 0.717) is 12.3 Å². The van der Waals surface area contributed by atoms with Crippen molar-refractivity contribution in [3.05, 3.63) is 47.5 Å². The van der Waals surface area contributed by atoms with Gasteiger partial charge in [0.1, 0.15) is 18.1 Å². The van der Waals surface area contributed by atoms with Crippen molar-refractivity contribution in [3.8, 4) is 5.69 Å². The zero-order chi connectivity index (χ0) is 16.4. The Labute approximate surface area is 132 Å². The van der Waals surface area contributed by atoms with E-state index in [2.05, 4.69) is 32.9 Å². The van der Waals surface area contributed by atoms with Gasteiger partial charge in [0.25, 0.3) is 0 Å². The van der Waals surface area contributed by atoms with Gasteiger partial charge in [-0.1, -0.05) is 31.5 Å². The number of rotatable bonds is 5. The van der Waals surface area contributed by atoms with E-state index in [-0.39, 0.29) is 0 Å². The lowest BCUT2D eigenvalue weighted by molar-refractivity contribution is -0.711. The molecule has 4 nitrogen and oxygen atoms in total. The Morgan fingerprint density at radius 2 is 1.82 bits per heavy atom. The van der Waals surface area contributed by atoms with Crippen molar-refractivity contribution in [1.82, 2.24) is 4.57 Å². The molecule has 0 saturated heterocycles. The molecule has 2 rings (SSSR count). The molecule has 0 saturated carbocycles. The highest BCUT2D eigenvalue weighted by atomic mass is 16.4. The smallest absolute Gasteiger partial charge is 0.349 e. The molecule has 0 fully saturated rings. The number of hydrogen-bond donors (Lipinski definition) is 1. The van der Waals surface area contributed by atoms with Crippen LogP contribution < -0.4 is 4.57 Å². The van der Waals surface area contributed by atoms with Gasteiger partial charge in [0.2, 0.25) is 6.33 Å². The molecule has 0 radical (unpaired) electrons. The first-order valence-electron chi connectivity index (χ1n) is 7.69. The van der Waals surface area contributed by atoms with E-state index >= 15 is 0 Å². The first-order chi connectivity index (χ1) is 10.3. The Morgan fingerprint density at radius 3 is 2.32 bits per heavy atom. The van der Waals surface area contributed by atoms with E-state index in [1.807, 2.05) is 37.1 Å². The van der Waals surface area contributed by atoms with Gasteiger partial charge in [0, 0.05) is 6.42 Å². The summed E-state index contributed by atoms with van der Waals surface area (Å²) in [5.41, 5.74) is 4.74. The minimum atomic E-state index is -0.784. The third-order valence-corrected chi connectivity index (χ3v) is 3.89. The van der Waals surface area contributed by atoms with E-state index < -0.39 is 12.0 Å². The third-order valence-electron chi connectivity index (χ3n) is 3.89. The summed E-state index contributed by atoms with van der Waals surface area (Å²) >= 11 is 0. The van der Waals surface area contributed by atoms with Gasteiger partial charge < -0.3 is 5.11 Å². The Balaban J connectivity index is 2.41. The quantitative estimate of drug-likeness (QED) is 0.861. The molecule has 0 amide bonds. The van der Waals surface area contributed by atoms with Crippen LogP contribution in [0.3, 0.4) is 0 Å². The van der Waals surface area contributed by atoms with Crippen molar-refractivity contribution in [2.75, 3.05) is 0 Å². The van der Waals surface area contributed by atoms with E-state index in [9.17, 15) is 9.90 Å². The fourth-order valence-electron chi connectivity index (χ4n) is 3.06. The largest absolute Gasteiger partial charge is 0.478 e. The summed E-state index contributed by atoms with van der Waals surface area (Å²) in [5.74, 6) is -0.450. The maximum atomic E-state index is 11.5. The van der Waals surface area contributed by atoms with Crippen LogP contribution in [0.2, 0.25) is 0 Å². The number of nitrogens with zero attached hydrogens (tertiary/aromatic N) is 2. The van der Waals surface area contributed by atoms with E-state index in [1.54, 1.807) is 4.57 Å². The SMILES string of the molecule is Cc1cc(C)c(-n2cc[n+](C(CC(C)C)C(=O)O)c2)c(C)c1. The molecule has 0 aliphatic rings. The van der Waals surface area contributed by atoms with Gasteiger partial charge in [-0.25, -0.2) is 13.9 Å². The summed E-state index contributed by atoms with van der Waals surface area (Å²) in [6.45, 7) is 10.3. The highest BCUT2D eigenvalue weighted by Crippen LogP contribution is 2.21. The van der Waals surface area contributed by atoms with Crippen LogP contribution in [-0.2, 0) is 4.79 Å². The average Bonchev–Trinajstić information content (AvgIpc) is 2.83. The lowest BCUT2D eigenvalue weighted by atomic mass is 10.0. The Hall–Kier alpha value is -2.10. The molecule has 0 spiro atoms. The van der Waals surface area contributed by atoms with Gasteiger partial charge in [-0.15, -0.1) is 0 Å². The lowest BCUT2D eigenvalue weighted by Crippen LogP contribution is -2.43. The summed E-state index contributed by atoms with van der Waals surface area (Å²) in [6, 6.07) is 3.78. The standard InChI is InChI=1S/C18H24N2O2/c1-12(2)8-16(18(21)22)19-6-7-20(11-19)17-14(4)9-13(3)10-15(17)5/h6-7,9-12,16H,8H2,1-5H3/p+1. The molecule has 4 heteroatoms. The number of imidazole rings is 1. The minimum Gasteiger partial charge on any atom is -0.478 e. The zero-order valence-corrected chi connectivity index (χ0v) is 14.0. The third kappa shape index (κ3) is 3.38. The van der Waals surface area contributed by atoms with Crippen LogP contribution in [0.5, 0.6) is 0 Å². The number of benzene rings is 1. The second-order valence-corrected chi connectivity index (χ2v) is 6.50. The fourth-order valence-corrected chi connectivity index (χ4v) is 3.06. The summed E-state index contributed by atoms with van der Waals surface area (Å²) in [6.07, 6.45) is 6.28. The second-order valence-electron chi connectivity index (χ2n) is 6.50. The Morgan fingerprint density at radius 1 is 1.23 bits per heavy atom. The van der Waals surface area contributed by atoms with Crippen molar-refractivity contribution < 1.29 is 14.5 Å². The summed E-state index contributed by atoms with van der Waals surface area (Å²) < 4.78 is 3.81. The van der Waals surface area contributed by atoms with Crippen LogP contribution in [0.25, 0.3) is 5.69 Å². The number of aromatic nitrogens is 2. The molecule has 2 aromatic rings. The van der Waals surface area contributed by atoms with Crippen LogP contribution in [-0.4, -0.2) is 15.6 Å². The fraction of sp³-hybridized carbons (Fsp3) is 0.444. The van der Waals surface area contributed by atoms with E-state index in [4.69, 9.17) is 0 Å². The zero-order valence-electron chi connectivity index (χ0n) is 14.0. The minimum absolute atomic E-state index is 0.333. The first-order valence-corrected chi connectivity index (χ1v) is 7.69. The van der Waals surface area contributed by atoms with Crippen LogP contribution in [0, 0.1) is 26.7 Å². The molecule has 118 valence electrons. The molecule has 1 atom stereocenters. The normalized spacial score (nSPS) is 12.6. The highest BCUT2D eigenvalue weighted by molar-refractivity contribution is 5.69. The maximum absolute atomic E-state index is 11.5. The number of carboxylic acid groups (broad SMARTS) is 1. The van der Waals surface area contributed by atoms with E-state index in [0.717, 1.165) is 5.69 Å².